The van der Waals surface area contributed by atoms with Crippen molar-refractivity contribution >= 4 is 40.0 Å². The SMILES string of the molecule is CCCCC(CC)CN(CC(CC)CCCC)c1nc(-c2ccccc2)c(/C=C2\C(=O)N(c3ccccc3)C(=O)C(C#N)=C2C)s1. The molecule has 2 aromatic carbocycles. The highest BCUT2D eigenvalue weighted by molar-refractivity contribution is 7.17. The Balaban J connectivity index is 1.86. The fourth-order valence-corrected chi connectivity index (χ4v) is 7.12. The Labute approximate surface area is 279 Å². The van der Waals surface area contributed by atoms with Gasteiger partial charge in [-0.3, -0.25) is 9.59 Å². The molecule has 1 aliphatic heterocycles. The lowest BCUT2D eigenvalue weighted by atomic mass is 9.94. The first-order chi connectivity index (χ1) is 22.4. The third-order valence-corrected chi connectivity index (χ3v) is 10.1. The van der Waals surface area contributed by atoms with Crippen LogP contribution in [0.15, 0.2) is 77.4 Å². The number of rotatable bonds is 16. The highest BCUT2D eigenvalue weighted by Gasteiger charge is 2.37. The van der Waals surface area contributed by atoms with E-state index < -0.39 is 11.8 Å². The molecule has 0 saturated carbocycles. The minimum atomic E-state index is -0.594. The molecule has 7 heteroatoms. The molecule has 0 saturated heterocycles. The number of nitriles is 1. The third-order valence-electron chi connectivity index (χ3n) is 9.03. The number of amides is 2. The van der Waals surface area contributed by atoms with Crippen LogP contribution in [-0.2, 0) is 9.59 Å². The van der Waals surface area contributed by atoms with Crippen LogP contribution in [0.3, 0.4) is 0 Å². The highest BCUT2D eigenvalue weighted by atomic mass is 32.1. The molecule has 2 unspecified atom stereocenters. The summed E-state index contributed by atoms with van der Waals surface area (Å²) in [6.07, 6.45) is 11.3. The number of nitrogens with zero attached hydrogens (tertiary/aromatic N) is 4. The van der Waals surface area contributed by atoms with Crippen LogP contribution >= 0.6 is 11.3 Å². The molecule has 0 spiro atoms. The van der Waals surface area contributed by atoms with Crippen molar-refractivity contribution in [2.75, 3.05) is 22.9 Å². The van der Waals surface area contributed by atoms with E-state index in [4.69, 9.17) is 4.98 Å². The van der Waals surface area contributed by atoms with Crippen LogP contribution in [0.4, 0.5) is 10.8 Å². The lowest BCUT2D eigenvalue weighted by molar-refractivity contribution is -0.122. The quantitative estimate of drug-likeness (QED) is 0.116. The Bertz CT molecular complexity index is 1550. The molecule has 4 rings (SSSR count). The topological polar surface area (TPSA) is 77.3 Å². The lowest BCUT2D eigenvalue weighted by Gasteiger charge is -2.30. The first-order valence-electron chi connectivity index (χ1n) is 16.9. The summed E-state index contributed by atoms with van der Waals surface area (Å²) >= 11 is 1.60. The Hall–Kier alpha value is -4.02. The van der Waals surface area contributed by atoms with Crippen LogP contribution in [0.2, 0.25) is 0 Å². The zero-order valence-electron chi connectivity index (χ0n) is 28.1. The average molecular weight is 637 g/mol. The van der Waals surface area contributed by atoms with E-state index in [9.17, 15) is 14.9 Å². The normalized spacial score (nSPS) is 15.7. The second-order valence-corrected chi connectivity index (χ2v) is 13.3. The van der Waals surface area contributed by atoms with Gasteiger partial charge in [-0.15, -0.1) is 0 Å². The molecule has 0 bridgehead atoms. The van der Waals surface area contributed by atoms with Gasteiger partial charge in [0.05, 0.1) is 16.3 Å². The first kappa shape index (κ1) is 34.8. The van der Waals surface area contributed by atoms with Gasteiger partial charge < -0.3 is 4.90 Å². The van der Waals surface area contributed by atoms with Gasteiger partial charge in [-0.2, -0.15) is 5.26 Å². The van der Waals surface area contributed by atoms with E-state index in [1.54, 1.807) is 42.5 Å². The van der Waals surface area contributed by atoms with Gasteiger partial charge in [0.15, 0.2) is 5.13 Å². The number of benzene rings is 2. The van der Waals surface area contributed by atoms with Crippen LogP contribution in [0.25, 0.3) is 17.3 Å². The van der Waals surface area contributed by atoms with Crippen LogP contribution < -0.4 is 9.80 Å². The third kappa shape index (κ3) is 8.22. The number of hydrogen-bond acceptors (Lipinski definition) is 6. The smallest absolute Gasteiger partial charge is 0.276 e. The summed E-state index contributed by atoms with van der Waals surface area (Å²) in [7, 11) is 0. The van der Waals surface area contributed by atoms with E-state index in [0.717, 1.165) is 52.1 Å². The van der Waals surface area contributed by atoms with Gasteiger partial charge in [-0.05, 0) is 55.4 Å². The molecular weight excluding hydrogens is 589 g/mol. The molecule has 1 aliphatic rings. The summed E-state index contributed by atoms with van der Waals surface area (Å²) in [6, 6.07) is 21.0. The number of imide groups is 1. The maximum Gasteiger partial charge on any atom is 0.276 e. The van der Waals surface area contributed by atoms with E-state index >= 15 is 0 Å². The molecule has 3 aromatic rings. The van der Waals surface area contributed by atoms with Gasteiger partial charge in [0, 0.05) is 24.2 Å². The van der Waals surface area contributed by atoms with Gasteiger partial charge >= 0.3 is 0 Å². The molecule has 2 heterocycles. The molecule has 0 fully saturated rings. The number of aromatic nitrogens is 1. The summed E-state index contributed by atoms with van der Waals surface area (Å²) < 4.78 is 0. The van der Waals surface area contributed by atoms with Crippen molar-refractivity contribution < 1.29 is 9.59 Å². The van der Waals surface area contributed by atoms with E-state index in [1.807, 2.05) is 42.5 Å². The number of para-hydroxylation sites is 1. The summed E-state index contributed by atoms with van der Waals surface area (Å²) in [5.41, 5.74) is 2.93. The number of carbonyl (C=O) groups is 2. The van der Waals surface area contributed by atoms with E-state index in [1.165, 1.54) is 38.5 Å². The summed E-state index contributed by atoms with van der Waals surface area (Å²) in [6.45, 7) is 12.7. The Morgan fingerprint density at radius 3 is 1.96 bits per heavy atom. The molecule has 242 valence electrons. The first-order valence-corrected chi connectivity index (χ1v) is 17.8. The second kappa shape index (κ2) is 17.1. The molecule has 6 nitrogen and oxygen atoms in total. The van der Waals surface area contributed by atoms with Crippen molar-refractivity contribution in [2.24, 2.45) is 11.8 Å². The predicted molar refractivity (Wildman–Crippen MR) is 192 cm³/mol. The van der Waals surface area contributed by atoms with Crippen LogP contribution in [0.5, 0.6) is 0 Å². The number of thiazole rings is 1. The van der Waals surface area contributed by atoms with Crippen LogP contribution in [0, 0.1) is 23.2 Å². The Kier molecular flexibility index (Phi) is 12.9. The van der Waals surface area contributed by atoms with E-state index in [0.29, 0.717) is 28.7 Å². The Morgan fingerprint density at radius 2 is 1.43 bits per heavy atom. The van der Waals surface area contributed by atoms with Crippen molar-refractivity contribution in [3.05, 3.63) is 82.3 Å². The summed E-state index contributed by atoms with van der Waals surface area (Å²) in [5.74, 6) is 0.115. The summed E-state index contributed by atoms with van der Waals surface area (Å²) in [4.78, 5) is 37.1. The van der Waals surface area contributed by atoms with Gasteiger partial charge in [-0.25, -0.2) is 9.88 Å². The van der Waals surface area contributed by atoms with Gasteiger partial charge in [0.25, 0.3) is 11.8 Å². The van der Waals surface area contributed by atoms with Crippen molar-refractivity contribution in [1.29, 1.82) is 5.26 Å². The standard InChI is InChI=1S/C39H48N4O2S/c1-6-10-18-29(8-3)26-42(27-30(9-4)19-11-7-2)39-41-36(31-20-14-12-15-21-31)35(46-39)24-33-28(5)34(25-40)38(45)43(37(33)44)32-22-16-13-17-23-32/h12-17,20-24,29-30H,6-11,18-19,26-27H2,1-5H3/b33-24-. The number of anilines is 2. The number of unbranched alkanes of at least 4 members (excludes halogenated alkanes) is 2. The zero-order valence-corrected chi connectivity index (χ0v) is 28.9. The summed E-state index contributed by atoms with van der Waals surface area (Å²) in [5, 5.41) is 11.0. The Morgan fingerprint density at radius 1 is 0.870 bits per heavy atom. The molecule has 46 heavy (non-hydrogen) atoms. The van der Waals surface area contributed by atoms with Crippen molar-refractivity contribution in [3.8, 4) is 17.3 Å². The molecule has 2 amide bonds. The predicted octanol–water partition coefficient (Wildman–Crippen LogP) is 9.85. The zero-order chi connectivity index (χ0) is 33.1. The maximum atomic E-state index is 14.0. The van der Waals surface area contributed by atoms with Crippen molar-refractivity contribution in [3.63, 3.8) is 0 Å². The largest absolute Gasteiger partial charge is 0.348 e. The maximum absolute atomic E-state index is 14.0. The van der Waals surface area contributed by atoms with E-state index in [-0.39, 0.29) is 5.57 Å². The molecule has 1 aromatic heterocycles. The second-order valence-electron chi connectivity index (χ2n) is 12.3. The van der Waals surface area contributed by atoms with Crippen molar-refractivity contribution in [1.82, 2.24) is 4.98 Å². The number of hydrogen-bond donors (Lipinski definition) is 0. The molecule has 0 aliphatic carbocycles. The monoisotopic (exact) mass is 636 g/mol. The molecule has 0 radical (unpaired) electrons. The molecular formula is C39H48N4O2S. The van der Waals surface area contributed by atoms with Crippen LogP contribution in [0.1, 0.15) is 90.9 Å². The van der Waals surface area contributed by atoms with Crippen LogP contribution in [-0.4, -0.2) is 29.9 Å². The molecule has 0 N–H and O–H groups in total. The minimum absolute atomic E-state index is 0.0225. The van der Waals surface area contributed by atoms with Gasteiger partial charge in [0.2, 0.25) is 0 Å². The average Bonchev–Trinajstić information content (AvgIpc) is 3.51. The highest BCUT2D eigenvalue weighted by Crippen LogP contribution is 2.39. The fraction of sp³-hybridized carbons (Fsp3) is 0.436. The lowest BCUT2D eigenvalue weighted by Crippen LogP contribution is -2.42. The van der Waals surface area contributed by atoms with Gasteiger partial charge in [-0.1, -0.05) is 126 Å². The van der Waals surface area contributed by atoms with E-state index in [2.05, 4.69) is 38.7 Å². The number of carbonyl (C=O) groups excluding carboxylic acids is 2. The van der Waals surface area contributed by atoms with Gasteiger partial charge in [0.1, 0.15) is 11.6 Å². The van der Waals surface area contributed by atoms with Crippen molar-refractivity contribution in [2.45, 2.75) is 86.0 Å². The molecule has 2 atom stereocenters. The fourth-order valence-electron chi connectivity index (χ4n) is 6.07. The minimum Gasteiger partial charge on any atom is -0.348 e.